The second-order valence-electron chi connectivity index (χ2n) is 3.56. The zero-order chi connectivity index (χ0) is 11.0. The minimum atomic E-state index is -0.117. The van der Waals surface area contributed by atoms with Crippen molar-refractivity contribution in [2.24, 2.45) is 0 Å². The topological polar surface area (TPSA) is 58.9 Å². The summed E-state index contributed by atoms with van der Waals surface area (Å²) in [5.74, 6) is 1.11. The second kappa shape index (κ2) is 3.38. The molecule has 0 amide bonds. The maximum atomic E-state index is 11.5. The third kappa shape index (κ3) is 1.58. The van der Waals surface area contributed by atoms with Gasteiger partial charge in [0, 0.05) is 11.3 Å². The van der Waals surface area contributed by atoms with Crippen LogP contribution in [0.3, 0.4) is 0 Å². The average Bonchev–Trinajstić information content (AvgIpc) is 2.60. The Bertz CT molecular complexity index is 552. The van der Waals surface area contributed by atoms with Gasteiger partial charge in [-0.15, -0.1) is 0 Å². The highest BCUT2D eigenvalue weighted by Crippen LogP contribution is 2.19. The molecule has 0 spiro atoms. The monoisotopic (exact) mass is 204 g/mol. The third-order valence-corrected chi connectivity index (χ3v) is 2.47. The molecule has 2 heterocycles. The Morgan fingerprint density at radius 2 is 2.07 bits per heavy atom. The van der Waals surface area contributed by atoms with Gasteiger partial charge in [-0.2, -0.15) is 0 Å². The van der Waals surface area contributed by atoms with Crippen molar-refractivity contribution in [1.29, 1.82) is 0 Å². The lowest BCUT2D eigenvalue weighted by atomic mass is 10.2. The summed E-state index contributed by atoms with van der Waals surface area (Å²) in [4.78, 5) is 18.5. The summed E-state index contributed by atoms with van der Waals surface area (Å²) in [6, 6.07) is 1.84. The predicted molar refractivity (Wildman–Crippen MR) is 56.8 cm³/mol. The number of hydrogen-bond acceptors (Lipinski definition) is 3. The van der Waals surface area contributed by atoms with Gasteiger partial charge in [-0.25, -0.2) is 4.98 Å². The predicted octanol–water partition coefficient (Wildman–Crippen LogP) is 1.96. The zero-order valence-electron chi connectivity index (χ0n) is 8.92. The van der Waals surface area contributed by atoms with E-state index in [1.54, 1.807) is 13.2 Å². The number of rotatable bonds is 1. The number of aryl methyl sites for hydroxylation is 2. The van der Waals surface area contributed by atoms with Gasteiger partial charge in [0.15, 0.2) is 11.6 Å². The highest BCUT2D eigenvalue weighted by Gasteiger charge is 2.10. The molecule has 0 unspecified atom stereocenters. The van der Waals surface area contributed by atoms with Crippen molar-refractivity contribution in [3.63, 3.8) is 0 Å². The Hall–Kier alpha value is -1.84. The Kier molecular flexibility index (Phi) is 2.19. The molecule has 0 atom stereocenters. The summed E-state index contributed by atoms with van der Waals surface area (Å²) < 4.78 is 5.27. The summed E-state index contributed by atoms with van der Waals surface area (Å²) in [5, 5.41) is 0. The Morgan fingerprint density at radius 1 is 1.33 bits per heavy atom. The molecule has 4 nitrogen and oxygen atoms in total. The molecule has 4 heteroatoms. The van der Waals surface area contributed by atoms with E-state index in [-0.39, 0.29) is 5.56 Å². The van der Waals surface area contributed by atoms with Crippen molar-refractivity contribution in [3.8, 4) is 11.6 Å². The Balaban J connectivity index is 2.66. The summed E-state index contributed by atoms with van der Waals surface area (Å²) in [6.07, 6.45) is 1.58. The summed E-state index contributed by atoms with van der Waals surface area (Å²) in [6.45, 7) is 5.47. The van der Waals surface area contributed by atoms with Crippen LogP contribution in [0, 0.1) is 20.8 Å². The fourth-order valence-corrected chi connectivity index (χ4v) is 1.37. The molecule has 0 aliphatic carbocycles. The van der Waals surface area contributed by atoms with E-state index in [9.17, 15) is 4.79 Å². The summed E-state index contributed by atoms with van der Waals surface area (Å²) in [7, 11) is 0. The van der Waals surface area contributed by atoms with Gasteiger partial charge in [0.2, 0.25) is 0 Å². The molecule has 2 rings (SSSR count). The summed E-state index contributed by atoms with van der Waals surface area (Å²) in [5.41, 5.74) is 2.21. The quantitative estimate of drug-likeness (QED) is 0.772. The molecule has 78 valence electrons. The molecule has 0 bridgehead atoms. The van der Waals surface area contributed by atoms with Gasteiger partial charge in [-0.1, -0.05) is 0 Å². The minimum absolute atomic E-state index is 0.117. The van der Waals surface area contributed by atoms with Crippen molar-refractivity contribution < 1.29 is 4.42 Å². The first-order valence-electron chi connectivity index (χ1n) is 4.71. The van der Waals surface area contributed by atoms with E-state index in [0.29, 0.717) is 17.1 Å². The van der Waals surface area contributed by atoms with Crippen LogP contribution in [-0.4, -0.2) is 9.97 Å². The normalized spacial score (nSPS) is 10.6. The van der Waals surface area contributed by atoms with Gasteiger partial charge in [0.25, 0.3) is 5.56 Å². The van der Waals surface area contributed by atoms with Gasteiger partial charge in [0.05, 0.1) is 6.26 Å². The number of nitrogens with one attached hydrogen (secondary N) is 1. The molecule has 0 fully saturated rings. The van der Waals surface area contributed by atoms with Crippen LogP contribution in [0.4, 0.5) is 0 Å². The number of nitrogens with zero attached hydrogens (tertiary/aromatic N) is 1. The van der Waals surface area contributed by atoms with E-state index < -0.39 is 0 Å². The van der Waals surface area contributed by atoms with Crippen LogP contribution in [0.2, 0.25) is 0 Å². The van der Waals surface area contributed by atoms with Crippen LogP contribution in [0.15, 0.2) is 21.5 Å². The van der Waals surface area contributed by atoms with Gasteiger partial charge < -0.3 is 9.40 Å². The van der Waals surface area contributed by atoms with E-state index >= 15 is 0 Å². The van der Waals surface area contributed by atoms with Gasteiger partial charge >= 0.3 is 0 Å². The van der Waals surface area contributed by atoms with Crippen LogP contribution in [0.25, 0.3) is 11.6 Å². The standard InChI is InChI=1S/C11H12N2O2/c1-6-4-5-15-9(6)10-12-8(3)7(2)11(14)13-10/h4-5H,1-3H3,(H,12,13,14). The number of H-pyrrole nitrogens is 1. The maximum Gasteiger partial charge on any atom is 0.254 e. The van der Waals surface area contributed by atoms with Crippen molar-refractivity contribution >= 4 is 0 Å². The smallest absolute Gasteiger partial charge is 0.254 e. The molecule has 2 aromatic heterocycles. The zero-order valence-corrected chi connectivity index (χ0v) is 8.92. The van der Waals surface area contributed by atoms with E-state index in [1.807, 2.05) is 19.9 Å². The van der Waals surface area contributed by atoms with Gasteiger partial charge in [0.1, 0.15) is 0 Å². The van der Waals surface area contributed by atoms with Crippen molar-refractivity contribution in [1.82, 2.24) is 9.97 Å². The van der Waals surface area contributed by atoms with Crippen molar-refractivity contribution in [2.75, 3.05) is 0 Å². The van der Waals surface area contributed by atoms with E-state index in [0.717, 1.165) is 11.3 Å². The van der Waals surface area contributed by atoms with E-state index in [1.165, 1.54) is 0 Å². The Labute approximate surface area is 87.0 Å². The largest absolute Gasteiger partial charge is 0.461 e. The second-order valence-corrected chi connectivity index (χ2v) is 3.56. The molecule has 0 aromatic carbocycles. The van der Waals surface area contributed by atoms with Crippen molar-refractivity contribution in [2.45, 2.75) is 20.8 Å². The first kappa shape index (κ1) is 9.71. The molecular formula is C11H12N2O2. The van der Waals surface area contributed by atoms with Crippen LogP contribution < -0.4 is 5.56 Å². The molecule has 2 aromatic rings. The number of aromatic nitrogens is 2. The third-order valence-electron chi connectivity index (χ3n) is 2.47. The average molecular weight is 204 g/mol. The number of hydrogen-bond donors (Lipinski definition) is 1. The fourth-order valence-electron chi connectivity index (χ4n) is 1.37. The first-order valence-corrected chi connectivity index (χ1v) is 4.71. The number of furan rings is 1. The number of aromatic amines is 1. The lowest BCUT2D eigenvalue weighted by Crippen LogP contribution is -2.14. The van der Waals surface area contributed by atoms with E-state index in [2.05, 4.69) is 9.97 Å². The van der Waals surface area contributed by atoms with Gasteiger partial charge in [-0.3, -0.25) is 4.79 Å². The van der Waals surface area contributed by atoms with E-state index in [4.69, 9.17) is 4.42 Å². The van der Waals surface area contributed by atoms with Crippen LogP contribution in [-0.2, 0) is 0 Å². The highest BCUT2D eigenvalue weighted by atomic mass is 16.3. The van der Waals surface area contributed by atoms with Crippen LogP contribution >= 0.6 is 0 Å². The fraction of sp³-hybridized carbons (Fsp3) is 0.273. The maximum absolute atomic E-state index is 11.5. The summed E-state index contributed by atoms with van der Waals surface area (Å²) >= 11 is 0. The minimum Gasteiger partial charge on any atom is -0.461 e. The molecule has 0 aliphatic rings. The van der Waals surface area contributed by atoms with Crippen LogP contribution in [0.5, 0.6) is 0 Å². The first-order chi connectivity index (χ1) is 7.09. The lowest BCUT2D eigenvalue weighted by molar-refractivity contribution is 0.575. The highest BCUT2D eigenvalue weighted by molar-refractivity contribution is 5.52. The lowest BCUT2D eigenvalue weighted by Gasteiger charge is -2.02. The SMILES string of the molecule is Cc1ccoc1-c1nc(C)c(C)c(=O)[nH]1. The molecule has 0 saturated carbocycles. The molecular weight excluding hydrogens is 192 g/mol. The molecule has 0 aliphatic heterocycles. The van der Waals surface area contributed by atoms with Crippen molar-refractivity contribution in [3.05, 3.63) is 39.5 Å². The molecule has 1 N–H and O–H groups in total. The van der Waals surface area contributed by atoms with Gasteiger partial charge in [-0.05, 0) is 32.4 Å². The Morgan fingerprint density at radius 3 is 2.60 bits per heavy atom. The van der Waals surface area contributed by atoms with Crippen LogP contribution in [0.1, 0.15) is 16.8 Å². The molecule has 0 radical (unpaired) electrons. The molecule has 15 heavy (non-hydrogen) atoms. The molecule has 0 saturated heterocycles.